The van der Waals surface area contributed by atoms with Gasteiger partial charge in [-0.3, -0.25) is 4.79 Å². The SMILES string of the molecule is COc1ccc(-c2c(C#N)c(N)[nH]c(=O)c2C#N)cc1O. The summed E-state index contributed by atoms with van der Waals surface area (Å²) in [6.45, 7) is 0. The summed E-state index contributed by atoms with van der Waals surface area (Å²) in [7, 11) is 1.39. The van der Waals surface area contributed by atoms with Crippen molar-refractivity contribution in [2.75, 3.05) is 12.8 Å². The fourth-order valence-corrected chi connectivity index (χ4v) is 1.98. The maximum atomic E-state index is 11.8. The molecule has 0 bridgehead atoms. The summed E-state index contributed by atoms with van der Waals surface area (Å²) < 4.78 is 4.92. The number of phenols is 1. The highest BCUT2D eigenvalue weighted by Gasteiger charge is 2.19. The number of methoxy groups -OCH3 is 1. The number of nitriles is 2. The number of nitrogens with zero attached hydrogens (tertiary/aromatic N) is 2. The molecule has 0 aliphatic rings. The normalized spacial score (nSPS) is 9.67. The average molecular weight is 282 g/mol. The van der Waals surface area contributed by atoms with Crippen LogP contribution in [0.25, 0.3) is 11.1 Å². The molecule has 0 unspecified atom stereocenters. The zero-order valence-corrected chi connectivity index (χ0v) is 11.0. The Labute approximate surface area is 119 Å². The van der Waals surface area contributed by atoms with Crippen LogP contribution >= 0.6 is 0 Å². The van der Waals surface area contributed by atoms with Gasteiger partial charge in [0.25, 0.3) is 5.56 Å². The van der Waals surface area contributed by atoms with E-state index in [1.165, 1.54) is 25.3 Å². The first-order chi connectivity index (χ1) is 10.0. The first kappa shape index (κ1) is 14.0. The van der Waals surface area contributed by atoms with Gasteiger partial charge in [-0.15, -0.1) is 0 Å². The van der Waals surface area contributed by atoms with Crippen molar-refractivity contribution in [3.63, 3.8) is 0 Å². The minimum atomic E-state index is -0.695. The summed E-state index contributed by atoms with van der Waals surface area (Å²) >= 11 is 0. The molecule has 0 saturated carbocycles. The van der Waals surface area contributed by atoms with Crippen molar-refractivity contribution in [3.05, 3.63) is 39.7 Å². The molecule has 4 N–H and O–H groups in total. The van der Waals surface area contributed by atoms with Gasteiger partial charge >= 0.3 is 0 Å². The van der Waals surface area contributed by atoms with Gasteiger partial charge < -0.3 is 20.6 Å². The van der Waals surface area contributed by atoms with Crippen molar-refractivity contribution >= 4 is 5.82 Å². The van der Waals surface area contributed by atoms with Crippen LogP contribution in [0, 0.1) is 22.7 Å². The van der Waals surface area contributed by atoms with Crippen molar-refractivity contribution in [1.29, 1.82) is 10.5 Å². The fraction of sp³-hybridized carbons (Fsp3) is 0.0714. The van der Waals surface area contributed by atoms with Crippen LogP contribution in [0.4, 0.5) is 5.82 Å². The molecule has 0 aliphatic heterocycles. The number of nitrogens with two attached hydrogens (primary N) is 1. The number of H-pyrrole nitrogens is 1. The number of hydrogen-bond acceptors (Lipinski definition) is 6. The zero-order chi connectivity index (χ0) is 15.6. The summed E-state index contributed by atoms with van der Waals surface area (Å²) in [6, 6.07) is 7.89. The van der Waals surface area contributed by atoms with Crippen molar-refractivity contribution in [2.45, 2.75) is 0 Å². The Hall–Kier alpha value is -3.45. The van der Waals surface area contributed by atoms with E-state index >= 15 is 0 Å². The Morgan fingerprint density at radius 1 is 1.29 bits per heavy atom. The summed E-state index contributed by atoms with van der Waals surface area (Å²) in [4.78, 5) is 14.0. The quantitative estimate of drug-likeness (QED) is 0.754. The number of ether oxygens (including phenoxy) is 1. The topological polar surface area (TPSA) is 136 Å². The van der Waals surface area contributed by atoms with Gasteiger partial charge in [-0.25, -0.2) is 0 Å². The number of phenolic OH excluding ortho intramolecular Hbond substituents is 1. The maximum absolute atomic E-state index is 11.8. The molecular weight excluding hydrogens is 272 g/mol. The average Bonchev–Trinajstić information content (AvgIpc) is 2.46. The smallest absolute Gasteiger partial charge is 0.268 e. The van der Waals surface area contributed by atoms with Crippen LogP contribution in [0.15, 0.2) is 23.0 Å². The largest absolute Gasteiger partial charge is 0.504 e. The van der Waals surface area contributed by atoms with E-state index in [2.05, 4.69) is 4.98 Å². The van der Waals surface area contributed by atoms with Crippen molar-refractivity contribution in [3.8, 4) is 34.8 Å². The number of aromatic nitrogens is 1. The Bertz CT molecular complexity index is 856. The van der Waals surface area contributed by atoms with Crippen molar-refractivity contribution in [1.82, 2.24) is 4.98 Å². The molecule has 0 spiro atoms. The number of benzene rings is 1. The number of aromatic amines is 1. The second-order valence-electron chi connectivity index (χ2n) is 4.10. The third kappa shape index (κ3) is 2.24. The predicted molar refractivity (Wildman–Crippen MR) is 74.6 cm³/mol. The number of nitrogen functional groups attached to an aromatic ring is 1. The zero-order valence-electron chi connectivity index (χ0n) is 11.0. The molecule has 1 aromatic heterocycles. The summed E-state index contributed by atoms with van der Waals surface area (Å²) in [5, 5.41) is 28.1. The fourth-order valence-electron chi connectivity index (χ4n) is 1.98. The van der Waals surface area contributed by atoms with Gasteiger partial charge in [0.05, 0.1) is 7.11 Å². The lowest BCUT2D eigenvalue weighted by molar-refractivity contribution is 0.373. The molecule has 0 atom stereocenters. The highest BCUT2D eigenvalue weighted by Crippen LogP contribution is 2.34. The molecule has 0 fully saturated rings. The lowest BCUT2D eigenvalue weighted by atomic mass is 9.96. The molecule has 21 heavy (non-hydrogen) atoms. The summed E-state index contributed by atoms with van der Waals surface area (Å²) in [6.07, 6.45) is 0. The molecule has 0 aliphatic carbocycles. The third-order valence-electron chi connectivity index (χ3n) is 2.94. The highest BCUT2D eigenvalue weighted by molar-refractivity contribution is 5.81. The van der Waals surface area contributed by atoms with E-state index in [1.807, 2.05) is 6.07 Å². The van der Waals surface area contributed by atoms with Gasteiger partial charge in [-0.05, 0) is 17.7 Å². The molecule has 7 heteroatoms. The van der Waals surface area contributed by atoms with Crippen LogP contribution in [0.3, 0.4) is 0 Å². The minimum Gasteiger partial charge on any atom is -0.504 e. The van der Waals surface area contributed by atoms with Gasteiger partial charge in [0, 0.05) is 5.56 Å². The van der Waals surface area contributed by atoms with Crippen LogP contribution in [-0.2, 0) is 0 Å². The molecule has 0 saturated heterocycles. The van der Waals surface area contributed by atoms with E-state index in [0.29, 0.717) is 5.56 Å². The minimum absolute atomic E-state index is 0.0317. The first-order valence-corrected chi connectivity index (χ1v) is 5.76. The second-order valence-corrected chi connectivity index (χ2v) is 4.10. The molecule has 2 aromatic rings. The predicted octanol–water partition coefficient (Wildman–Crippen LogP) is 1.08. The number of nitrogens with one attached hydrogen (secondary N) is 1. The highest BCUT2D eigenvalue weighted by atomic mass is 16.5. The van der Waals surface area contributed by atoms with E-state index < -0.39 is 5.56 Å². The van der Waals surface area contributed by atoms with Crippen LogP contribution < -0.4 is 16.0 Å². The molecule has 1 aromatic carbocycles. The standard InChI is InChI=1S/C14H10N4O3/c1-21-11-3-2-7(4-10(11)19)12-8(5-15)13(17)18-14(20)9(12)6-16/h2-4,19H,1H3,(H3,17,18,20). The number of rotatable bonds is 2. The van der Waals surface area contributed by atoms with E-state index in [1.54, 1.807) is 6.07 Å². The second kappa shape index (κ2) is 5.27. The van der Waals surface area contributed by atoms with Gasteiger partial charge in [0.2, 0.25) is 0 Å². The van der Waals surface area contributed by atoms with Gasteiger partial charge in [0.1, 0.15) is 29.1 Å². The Kier molecular flexibility index (Phi) is 3.51. The third-order valence-corrected chi connectivity index (χ3v) is 2.94. The molecule has 0 amide bonds. The lowest BCUT2D eigenvalue weighted by Gasteiger charge is -2.10. The van der Waals surface area contributed by atoms with E-state index in [0.717, 1.165) is 0 Å². The Morgan fingerprint density at radius 3 is 2.48 bits per heavy atom. The first-order valence-electron chi connectivity index (χ1n) is 5.76. The molecule has 0 radical (unpaired) electrons. The molecule has 7 nitrogen and oxygen atoms in total. The molecule has 104 valence electrons. The van der Waals surface area contributed by atoms with Crippen LogP contribution in [0.2, 0.25) is 0 Å². The monoisotopic (exact) mass is 282 g/mol. The maximum Gasteiger partial charge on any atom is 0.268 e. The van der Waals surface area contributed by atoms with Gasteiger partial charge in [-0.1, -0.05) is 6.07 Å². The number of pyridine rings is 1. The number of hydrogen-bond donors (Lipinski definition) is 3. The number of anilines is 1. The summed E-state index contributed by atoms with van der Waals surface area (Å²) in [5.41, 5.74) is 5.04. The summed E-state index contributed by atoms with van der Waals surface area (Å²) in [5.74, 6) is -0.0815. The lowest BCUT2D eigenvalue weighted by Crippen LogP contribution is -2.16. The van der Waals surface area contributed by atoms with E-state index in [-0.39, 0.29) is 34.0 Å². The molecular formula is C14H10N4O3. The van der Waals surface area contributed by atoms with Crippen molar-refractivity contribution in [2.24, 2.45) is 0 Å². The Morgan fingerprint density at radius 2 is 1.95 bits per heavy atom. The Balaban J connectivity index is 2.86. The van der Waals surface area contributed by atoms with Crippen LogP contribution in [0.1, 0.15) is 11.1 Å². The van der Waals surface area contributed by atoms with E-state index in [9.17, 15) is 15.2 Å². The van der Waals surface area contributed by atoms with Gasteiger partial charge in [0.15, 0.2) is 11.5 Å². The number of aromatic hydroxyl groups is 1. The molecule has 2 rings (SSSR count). The van der Waals surface area contributed by atoms with Gasteiger partial charge in [-0.2, -0.15) is 10.5 Å². The van der Waals surface area contributed by atoms with Crippen LogP contribution in [0.5, 0.6) is 11.5 Å². The van der Waals surface area contributed by atoms with E-state index in [4.69, 9.17) is 15.7 Å². The van der Waals surface area contributed by atoms with Crippen LogP contribution in [-0.4, -0.2) is 17.2 Å². The molecule has 1 heterocycles. The van der Waals surface area contributed by atoms with Crippen molar-refractivity contribution < 1.29 is 9.84 Å².